The second-order valence-electron chi connectivity index (χ2n) is 4.16. The Morgan fingerprint density at radius 3 is 2.65 bits per heavy atom. The van der Waals surface area contributed by atoms with Crippen molar-refractivity contribution in [1.29, 1.82) is 0 Å². The van der Waals surface area contributed by atoms with Gasteiger partial charge in [-0.15, -0.1) is 5.10 Å². The smallest absolute Gasteiger partial charge is 0.293 e. The summed E-state index contributed by atoms with van der Waals surface area (Å²) in [5.74, 6) is -2.12. The van der Waals surface area contributed by atoms with Crippen molar-refractivity contribution < 1.29 is 18.0 Å². The van der Waals surface area contributed by atoms with Gasteiger partial charge in [-0.3, -0.25) is 15.2 Å². The third-order valence-corrected chi connectivity index (χ3v) is 2.62. The number of aromatic amines is 1. The Labute approximate surface area is 112 Å². The Morgan fingerprint density at radius 2 is 2.05 bits per heavy atom. The molecule has 0 fully saturated rings. The number of benzene rings is 1. The fourth-order valence-corrected chi connectivity index (χ4v) is 1.59. The van der Waals surface area contributed by atoms with E-state index in [9.17, 15) is 18.0 Å². The second-order valence-corrected chi connectivity index (χ2v) is 4.16. The van der Waals surface area contributed by atoms with Crippen molar-refractivity contribution in [3.05, 3.63) is 41.2 Å². The lowest BCUT2D eigenvalue weighted by molar-refractivity contribution is -0.144. The number of hydrogen-bond donors (Lipinski definition) is 2. The number of aromatic nitrogens is 3. The summed E-state index contributed by atoms with van der Waals surface area (Å²) in [6.07, 6.45) is -4.57. The summed E-state index contributed by atoms with van der Waals surface area (Å²) in [4.78, 5) is 14.9. The van der Waals surface area contributed by atoms with Crippen LogP contribution in [-0.4, -0.2) is 21.1 Å². The molecule has 0 aliphatic rings. The SMILES string of the molecule is Cc1ccccc1CC(=O)Nc1n[nH]c(C(F)(F)F)n1. The summed E-state index contributed by atoms with van der Waals surface area (Å²) in [5.41, 5.74) is 1.71. The van der Waals surface area contributed by atoms with E-state index in [2.05, 4.69) is 15.4 Å². The number of carbonyl (C=O) groups excluding carboxylic acids is 1. The van der Waals surface area contributed by atoms with E-state index in [-0.39, 0.29) is 6.42 Å². The lowest BCUT2D eigenvalue weighted by atomic mass is 10.1. The standard InChI is InChI=1S/C12H11F3N4O/c1-7-4-2-3-5-8(7)6-9(20)16-11-17-10(18-19-11)12(13,14)15/h2-5H,6H2,1H3,(H2,16,17,18,19,20). The van der Waals surface area contributed by atoms with E-state index in [1.165, 1.54) is 0 Å². The topological polar surface area (TPSA) is 70.7 Å². The number of nitrogens with zero attached hydrogens (tertiary/aromatic N) is 2. The Morgan fingerprint density at radius 1 is 1.35 bits per heavy atom. The molecule has 2 N–H and O–H groups in total. The molecule has 8 heteroatoms. The van der Waals surface area contributed by atoms with Crippen molar-refractivity contribution in [1.82, 2.24) is 15.2 Å². The average molecular weight is 284 g/mol. The first-order valence-corrected chi connectivity index (χ1v) is 5.70. The number of amides is 1. The van der Waals surface area contributed by atoms with Gasteiger partial charge in [0, 0.05) is 0 Å². The molecule has 2 rings (SSSR count). The van der Waals surface area contributed by atoms with Crippen LogP contribution in [0.2, 0.25) is 0 Å². The highest BCUT2D eigenvalue weighted by Gasteiger charge is 2.35. The Hall–Kier alpha value is -2.38. The molecule has 0 atom stereocenters. The maximum absolute atomic E-state index is 12.3. The van der Waals surface area contributed by atoms with Gasteiger partial charge >= 0.3 is 6.18 Å². The van der Waals surface area contributed by atoms with Gasteiger partial charge in [0.25, 0.3) is 0 Å². The van der Waals surface area contributed by atoms with Crippen LogP contribution >= 0.6 is 0 Å². The maximum atomic E-state index is 12.3. The van der Waals surface area contributed by atoms with Crippen LogP contribution in [0.4, 0.5) is 19.1 Å². The Balaban J connectivity index is 2.02. The molecule has 0 spiro atoms. The monoisotopic (exact) mass is 284 g/mol. The van der Waals surface area contributed by atoms with E-state index in [1.807, 2.05) is 19.1 Å². The van der Waals surface area contributed by atoms with Crippen LogP contribution in [0.1, 0.15) is 17.0 Å². The average Bonchev–Trinajstić information content (AvgIpc) is 2.80. The summed E-state index contributed by atoms with van der Waals surface area (Å²) in [5, 5.41) is 7.24. The number of carbonyl (C=O) groups is 1. The molecule has 0 saturated carbocycles. The van der Waals surface area contributed by atoms with Crippen LogP contribution in [-0.2, 0) is 17.4 Å². The van der Waals surface area contributed by atoms with Crippen molar-refractivity contribution >= 4 is 11.9 Å². The quantitative estimate of drug-likeness (QED) is 0.908. The van der Waals surface area contributed by atoms with Crippen molar-refractivity contribution in [2.24, 2.45) is 0 Å². The predicted octanol–water partition coefficient (Wildman–Crippen LogP) is 2.31. The minimum Gasteiger partial charge on any atom is -0.293 e. The summed E-state index contributed by atoms with van der Waals surface area (Å²) in [7, 11) is 0. The highest BCUT2D eigenvalue weighted by atomic mass is 19.4. The third-order valence-electron chi connectivity index (χ3n) is 2.62. The van der Waals surface area contributed by atoms with Crippen LogP contribution in [0.5, 0.6) is 0 Å². The zero-order chi connectivity index (χ0) is 14.8. The van der Waals surface area contributed by atoms with Gasteiger partial charge in [0.15, 0.2) is 0 Å². The van der Waals surface area contributed by atoms with Gasteiger partial charge < -0.3 is 0 Å². The molecule has 0 aliphatic heterocycles. The number of hydrogen-bond acceptors (Lipinski definition) is 3. The molecule has 1 heterocycles. The highest BCUT2D eigenvalue weighted by Crippen LogP contribution is 2.26. The first-order chi connectivity index (χ1) is 9.36. The number of anilines is 1. The van der Waals surface area contributed by atoms with Crippen LogP contribution in [0.15, 0.2) is 24.3 Å². The molecular formula is C12H11F3N4O. The molecule has 0 radical (unpaired) electrons. The van der Waals surface area contributed by atoms with Crippen molar-refractivity contribution in [2.45, 2.75) is 19.5 Å². The number of nitrogens with one attached hydrogen (secondary N) is 2. The Kier molecular flexibility index (Phi) is 3.73. The number of alkyl halides is 3. The fraction of sp³-hybridized carbons (Fsp3) is 0.250. The van der Waals surface area contributed by atoms with Gasteiger partial charge in [-0.05, 0) is 18.1 Å². The lowest BCUT2D eigenvalue weighted by Crippen LogP contribution is -2.16. The van der Waals surface area contributed by atoms with E-state index in [0.717, 1.165) is 11.1 Å². The third kappa shape index (κ3) is 3.34. The number of H-pyrrole nitrogens is 1. The zero-order valence-corrected chi connectivity index (χ0v) is 10.5. The van der Waals surface area contributed by atoms with Gasteiger partial charge in [-0.2, -0.15) is 18.2 Å². The largest absolute Gasteiger partial charge is 0.451 e. The zero-order valence-electron chi connectivity index (χ0n) is 10.5. The van der Waals surface area contributed by atoms with E-state index in [4.69, 9.17) is 0 Å². The van der Waals surface area contributed by atoms with E-state index in [1.54, 1.807) is 17.2 Å². The molecule has 1 aromatic carbocycles. The molecule has 106 valence electrons. The normalized spacial score (nSPS) is 11.4. The lowest BCUT2D eigenvalue weighted by Gasteiger charge is -2.04. The number of halogens is 3. The molecule has 0 saturated heterocycles. The first kappa shape index (κ1) is 14.0. The molecule has 5 nitrogen and oxygen atoms in total. The van der Waals surface area contributed by atoms with Gasteiger partial charge in [0.05, 0.1) is 6.42 Å². The van der Waals surface area contributed by atoms with Crippen LogP contribution in [0.25, 0.3) is 0 Å². The summed E-state index contributed by atoms with van der Waals surface area (Å²) < 4.78 is 36.9. The second kappa shape index (κ2) is 5.32. The van der Waals surface area contributed by atoms with Crippen LogP contribution < -0.4 is 5.32 Å². The van der Waals surface area contributed by atoms with E-state index >= 15 is 0 Å². The van der Waals surface area contributed by atoms with Gasteiger partial charge in [0.1, 0.15) is 0 Å². The van der Waals surface area contributed by atoms with Crippen molar-refractivity contribution in [2.75, 3.05) is 5.32 Å². The van der Waals surface area contributed by atoms with Crippen molar-refractivity contribution in [3.63, 3.8) is 0 Å². The van der Waals surface area contributed by atoms with E-state index in [0.29, 0.717) is 0 Å². The first-order valence-electron chi connectivity index (χ1n) is 5.70. The van der Waals surface area contributed by atoms with Gasteiger partial charge in [-0.1, -0.05) is 24.3 Å². The van der Waals surface area contributed by atoms with Crippen LogP contribution in [0.3, 0.4) is 0 Å². The van der Waals surface area contributed by atoms with Crippen molar-refractivity contribution in [3.8, 4) is 0 Å². The number of aryl methyl sites for hydroxylation is 1. The molecule has 2 aromatic rings. The van der Waals surface area contributed by atoms with E-state index < -0.39 is 23.9 Å². The molecule has 1 aromatic heterocycles. The Bertz CT molecular complexity index is 621. The predicted molar refractivity (Wildman–Crippen MR) is 64.9 cm³/mol. The number of rotatable bonds is 3. The van der Waals surface area contributed by atoms with Crippen LogP contribution in [0, 0.1) is 6.92 Å². The van der Waals surface area contributed by atoms with Gasteiger partial charge in [0.2, 0.25) is 17.7 Å². The summed E-state index contributed by atoms with van der Waals surface area (Å²) >= 11 is 0. The fourth-order valence-electron chi connectivity index (χ4n) is 1.59. The highest BCUT2D eigenvalue weighted by molar-refractivity contribution is 5.90. The molecule has 1 amide bonds. The summed E-state index contributed by atoms with van der Waals surface area (Å²) in [6, 6.07) is 7.23. The molecular weight excluding hydrogens is 273 g/mol. The minimum absolute atomic E-state index is 0.0442. The minimum atomic E-state index is -4.62. The maximum Gasteiger partial charge on any atom is 0.451 e. The van der Waals surface area contributed by atoms with Gasteiger partial charge in [-0.25, -0.2) is 0 Å². The summed E-state index contributed by atoms with van der Waals surface area (Å²) in [6.45, 7) is 1.84. The molecule has 0 aliphatic carbocycles. The molecule has 20 heavy (non-hydrogen) atoms. The molecule has 0 unspecified atom stereocenters. The molecule has 0 bridgehead atoms.